The maximum Gasteiger partial charge on any atom is 0.104 e. The summed E-state index contributed by atoms with van der Waals surface area (Å²) in [4.78, 5) is 0. The van der Waals surface area contributed by atoms with Crippen LogP contribution in [-0.2, 0) is 0 Å². The lowest BCUT2D eigenvalue weighted by atomic mass is 9.94. The summed E-state index contributed by atoms with van der Waals surface area (Å²) in [5, 5.41) is 14.4. The number of benzene rings is 1. The minimum Gasteiger partial charge on any atom is -0.305 e. The van der Waals surface area contributed by atoms with Crippen LogP contribution >= 0.6 is 0 Å². The Morgan fingerprint density at radius 2 is 1.89 bits per heavy atom. The Hall–Kier alpha value is -1.68. The number of aromatic nitrogens is 3. The van der Waals surface area contributed by atoms with Gasteiger partial charge in [-0.05, 0) is 56.0 Å². The third-order valence-corrected chi connectivity index (χ3v) is 3.52. The highest BCUT2D eigenvalue weighted by Crippen LogP contribution is 2.25. The fourth-order valence-corrected chi connectivity index (χ4v) is 2.31. The number of aromatic amines is 1. The molecule has 1 heterocycles. The Bertz CT molecular complexity index is 531. The first kappa shape index (κ1) is 13.7. The summed E-state index contributed by atoms with van der Waals surface area (Å²) in [7, 11) is 0. The lowest BCUT2D eigenvalue weighted by Gasteiger charge is -2.20. The number of nitrogens with one attached hydrogen (secondary N) is 2. The van der Waals surface area contributed by atoms with E-state index in [-0.39, 0.29) is 6.04 Å². The van der Waals surface area contributed by atoms with Crippen LogP contribution in [0.5, 0.6) is 0 Å². The molecule has 2 rings (SSSR count). The van der Waals surface area contributed by atoms with Crippen molar-refractivity contribution < 1.29 is 0 Å². The molecule has 4 heteroatoms. The van der Waals surface area contributed by atoms with E-state index in [4.69, 9.17) is 0 Å². The van der Waals surface area contributed by atoms with Crippen molar-refractivity contribution in [1.29, 1.82) is 0 Å². The molecule has 0 amide bonds. The molecule has 2 N–H and O–H groups in total. The van der Waals surface area contributed by atoms with E-state index in [0.29, 0.717) is 0 Å². The zero-order valence-corrected chi connectivity index (χ0v) is 12.1. The van der Waals surface area contributed by atoms with Crippen molar-refractivity contribution in [3.63, 3.8) is 0 Å². The van der Waals surface area contributed by atoms with E-state index in [9.17, 15) is 0 Å². The van der Waals surface area contributed by atoms with E-state index < -0.39 is 0 Å². The van der Waals surface area contributed by atoms with Crippen molar-refractivity contribution >= 4 is 0 Å². The van der Waals surface area contributed by atoms with Crippen LogP contribution in [0.25, 0.3) is 0 Å². The zero-order chi connectivity index (χ0) is 13.8. The Balaban J connectivity index is 2.40. The number of hydrogen-bond acceptors (Lipinski definition) is 3. The predicted octanol–water partition coefficient (Wildman–Crippen LogP) is 2.82. The molecule has 0 radical (unpaired) electrons. The molecule has 0 aliphatic rings. The quantitative estimate of drug-likeness (QED) is 0.867. The number of hydrogen-bond donors (Lipinski definition) is 2. The van der Waals surface area contributed by atoms with E-state index in [1.165, 1.54) is 22.3 Å². The van der Waals surface area contributed by atoms with Gasteiger partial charge in [0.15, 0.2) is 0 Å². The molecule has 1 atom stereocenters. The normalized spacial score (nSPS) is 12.6. The van der Waals surface area contributed by atoms with Crippen LogP contribution in [-0.4, -0.2) is 22.0 Å². The van der Waals surface area contributed by atoms with Gasteiger partial charge in [0.05, 0.1) is 12.2 Å². The smallest absolute Gasteiger partial charge is 0.104 e. The summed E-state index contributed by atoms with van der Waals surface area (Å²) in [5.74, 6) is 0. The fraction of sp³-hybridized carbons (Fsp3) is 0.467. The predicted molar refractivity (Wildman–Crippen MR) is 77.2 cm³/mol. The van der Waals surface area contributed by atoms with Crippen molar-refractivity contribution in [2.75, 3.05) is 6.54 Å². The molecule has 102 valence electrons. The summed E-state index contributed by atoms with van der Waals surface area (Å²) in [6, 6.07) is 4.61. The molecule has 0 aliphatic carbocycles. The first-order valence-corrected chi connectivity index (χ1v) is 6.80. The Kier molecular flexibility index (Phi) is 4.32. The molecule has 4 nitrogen and oxygen atoms in total. The molecule has 0 fully saturated rings. The third kappa shape index (κ3) is 3.01. The number of aryl methyl sites for hydroxylation is 3. The molecule has 0 saturated carbocycles. The SMILES string of the molecule is CCCNC(c1cn[nH]n1)c1cc(C)c(C)cc1C. The Labute approximate surface area is 114 Å². The van der Waals surface area contributed by atoms with Crippen molar-refractivity contribution in [2.45, 2.75) is 40.2 Å². The molecule has 0 aliphatic heterocycles. The number of nitrogens with zero attached hydrogens (tertiary/aromatic N) is 2. The summed E-state index contributed by atoms with van der Waals surface area (Å²) in [6.45, 7) is 9.58. The van der Waals surface area contributed by atoms with Crippen LogP contribution in [0.2, 0.25) is 0 Å². The number of H-pyrrole nitrogens is 1. The Morgan fingerprint density at radius 3 is 2.53 bits per heavy atom. The highest BCUT2D eigenvalue weighted by atomic mass is 15.3. The van der Waals surface area contributed by atoms with Crippen molar-refractivity contribution in [3.05, 3.63) is 46.3 Å². The van der Waals surface area contributed by atoms with Crippen LogP contribution in [0.1, 0.15) is 47.3 Å². The molecule has 19 heavy (non-hydrogen) atoms. The van der Waals surface area contributed by atoms with Gasteiger partial charge < -0.3 is 5.32 Å². The van der Waals surface area contributed by atoms with E-state index in [1.807, 2.05) is 0 Å². The van der Waals surface area contributed by atoms with Crippen molar-refractivity contribution in [2.24, 2.45) is 0 Å². The second kappa shape index (κ2) is 5.97. The lowest BCUT2D eigenvalue weighted by Crippen LogP contribution is -2.24. The van der Waals surface area contributed by atoms with Gasteiger partial charge in [0.25, 0.3) is 0 Å². The van der Waals surface area contributed by atoms with Crippen molar-refractivity contribution in [1.82, 2.24) is 20.7 Å². The second-order valence-electron chi connectivity index (χ2n) is 5.08. The monoisotopic (exact) mass is 258 g/mol. The standard InChI is InChI=1S/C15H22N4/c1-5-6-16-15(14-9-17-19-18-14)13-8-11(3)10(2)7-12(13)4/h7-9,15-16H,5-6H2,1-4H3,(H,17,18,19). The van der Waals surface area contributed by atoms with Crippen LogP contribution in [0.4, 0.5) is 0 Å². The third-order valence-electron chi connectivity index (χ3n) is 3.52. The molecule has 0 spiro atoms. The van der Waals surface area contributed by atoms with E-state index in [2.05, 4.69) is 60.6 Å². The fourth-order valence-electron chi connectivity index (χ4n) is 2.31. The van der Waals surface area contributed by atoms with Crippen LogP contribution in [0.15, 0.2) is 18.3 Å². The average molecular weight is 258 g/mol. The molecular weight excluding hydrogens is 236 g/mol. The average Bonchev–Trinajstić information content (AvgIpc) is 2.89. The highest BCUT2D eigenvalue weighted by Gasteiger charge is 2.18. The molecule has 1 aromatic carbocycles. The zero-order valence-electron chi connectivity index (χ0n) is 12.1. The maximum absolute atomic E-state index is 4.24. The largest absolute Gasteiger partial charge is 0.305 e. The maximum atomic E-state index is 4.24. The van der Waals surface area contributed by atoms with E-state index in [0.717, 1.165) is 18.7 Å². The van der Waals surface area contributed by atoms with Crippen LogP contribution in [0, 0.1) is 20.8 Å². The van der Waals surface area contributed by atoms with Gasteiger partial charge in [-0.2, -0.15) is 15.4 Å². The van der Waals surface area contributed by atoms with Gasteiger partial charge in [-0.15, -0.1) is 0 Å². The molecule has 0 bridgehead atoms. The topological polar surface area (TPSA) is 53.6 Å². The molecular formula is C15H22N4. The number of rotatable bonds is 5. The second-order valence-corrected chi connectivity index (χ2v) is 5.08. The van der Waals surface area contributed by atoms with E-state index in [1.54, 1.807) is 6.20 Å². The summed E-state index contributed by atoms with van der Waals surface area (Å²) < 4.78 is 0. The summed E-state index contributed by atoms with van der Waals surface area (Å²) in [5.41, 5.74) is 6.16. The minimum atomic E-state index is 0.109. The summed E-state index contributed by atoms with van der Waals surface area (Å²) in [6.07, 6.45) is 2.89. The van der Waals surface area contributed by atoms with Crippen LogP contribution in [0.3, 0.4) is 0 Å². The Morgan fingerprint density at radius 1 is 1.16 bits per heavy atom. The first-order chi connectivity index (χ1) is 9.13. The minimum absolute atomic E-state index is 0.109. The van der Waals surface area contributed by atoms with Crippen LogP contribution < -0.4 is 5.32 Å². The van der Waals surface area contributed by atoms with Gasteiger partial charge in [0.2, 0.25) is 0 Å². The molecule has 1 unspecified atom stereocenters. The lowest BCUT2D eigenvalue weighted by molar-refractivity contribution is 0.582. The van der Waals surface area contributed by atoms with Gasteiger partial charge in [-0.25, -0.2) is 0 Å². The van der Waals surface area contributed by atoms with Crippen molar-refractivity contribution in [3.8, 4) is 0 Å². The first-order valence-electron chi connectivity index (χ1n) is 6.80. The summed E-state index contributed by atoms with van der Waals surface area (Å²) >= 11 is 0. The molecule has 1 aromatic heterocycles. The highest BCUT2D eigenvalue weighted by molar-refractivity contribution is 5.40. The van der Waals surface area contributed by atoms with Gasteiger partial charge in [0.1, 0.15) is 5.69 Å². The van der Waals surface area contributed by atoms with Gasteiger partial charge in [-0.1, -0.05) is 19.1 Å². The molecule has 2 aromatic rings. The van der Waals surface area contributed by atoms with Gasteiger partial charge >= 0.3 is 0 Å². The van der Waals surface area contributed by atoms with Gasteiger partial charge in [0, 0.05) is 0 Å². The molecule has 0 saturated heterocycles. The van der Waals surface area contributed by atoms with E-state index >= 15 is 0 Å². The van der Waals surface area contributed by atoms with Gasteiger partial charge in [-0.3, -0.25) is 0 Å².